The van der Waals surface area contributed by atoms with E-state index in [0.29, 0.717) is 35.8 Å². The highest BCUT2D eigenvalue weighted by Gasteiger charge is 2.47. The third kappa shape index (κ3) is 3.53. The highest BCUT2D eigenvalue weighted by Crippen LogP contribution is 2.45. The predicted octanol–water partition coefficient (Wildman–Crippen LogP) is 5.04. The molecule has 0 N–H and O–H groups in total. The van der Waals surface area contributed by atoms with Gasteiger partial charge in [0.25, 0.3) is 0 Å². The number of nitrogens with zero attached hydrogens (tertiary/aromatic N) is 1. The lowest BCUT2D eigenvalue weighted by molar-refractivity contribution is -0.144. The minimum absolute atomic E-state index is 0.345. The number of esters is 1. The van der Waals surface area contributed by atoms with Gasteiger partial charge in [-0.2, -0.15) is 0 Å². The maximum Gasteiger partial charge on any atom is 0.321 e. The van der Waals surface area contributed by atoms with Crippen LogP contribution in [-0.4, -0.2) is 11.0 Å². The second-order valence-electron chi connectivity index (χ2n) is 6.58. The Kier molecular flexibility index (Phi) is 4.59. The quantitative estimate of drug-likeness (QED) is 0.471. The van der Waals surface area contributed by atoms with E-state index in [9.17, 15) is 9.18 Å². The van der Waals surface area contributed by atoms with Gasteiger partial charge in [0.05, 0.1) is 5.41 Å². The Morgan fingerprint density at radius 1 is 0.963 bits per heavy atom. The summed E-state index contributed by atoms with van der Waals surface area (Å²) in [4.78, 5) is 16.9. The SMILES string of the molecule is O=C(Oc1ccc(Oc2ccccn2)cc1)C1(c2cccc(F)c2)CCC1. The monoisotopic (exact) mass is 363 g/mol. The molecule has 0 saturated heterocycles. The standard InChI is InChI=1S/C22H18FNO3/c23-17-6-3-5-16(15-17)22(12-4-13-22)21(25)27-19-10-8-18(9-11-19)26-20-7-1-2-14-24-20/h1-3,5-11,14-15H,4,12-13H2. The van der Waals surface area contributed by atoms with E-state index in [1.165, 1.54) is 12.1 Å². The topological polar surface area (TPSA) is 48.4 Å². The summed E-state index contributed by atoms with van der Waals surface area (Å²) in [6.07, 6.45) is 3.89. The zero-order valence-corrected chi connectivity index (χ0v) is 14.6. The molecule has 1 saturated carbocycles. The third-order valence-electron chi connectivity index (χ3n) is 4.87. The van der Waals surface area contributed by atoms with Gasteiger partial charge in [0.2, 0.25) is 5.88 Å². The highest BCUT2D eigenvalue weighted by molar-refractivity contribution is 5.86. The Bertz CT molecular complexity index is 937. The number of pyridine rings is 1. The van der Waals surface area contributed by atoms with Crippen molar-refractivity contribution in [1.29, 1.82) is 0 Å². The van der Waals surface area contributed by atoms with E-state index in [0.717, 1.165) is 6.42 Å². The zero-order valence-electron chi connectivity index (χ0n) is 14.6. The van der Waals surface area contributed by atoms with Crippen LogP contribution in [0.5, 0.6) is 17.4 Å². The minimum atomic E-state index is -0.759. The molecule has 0 spiro atoms. The number of carbonyl (C=O) groups excluding carboxylic acids is 1. The second kappa shape index (κ2) is 7.19. The molecule has 136 valence electrons. The van der Waals surface area contributed by atoms with Gasteiger partial charge >= 0.3 is 5.97 Å². The summed E-state index contributed by atoms with van der Waals surface area (Å²) >= 11 is 0. The van der Waals surface area contributed by atoms with E-state index in [2.05, 4.69) is 4.98 Å². The van der Waals surface area contributed by atoms with Crippen molar-refractivity contribution >= 4 is 5.97 Å². The van der Waals surface area contributed by atoms with Crippen LogP contribution in [0.2, 0.25) is 0 Å². The van der Waals surface area contributed by atoms with E-state index < -0.39 is 5.41 Å². The molecule has 1 heterocycles. The van der Waals surface area contributed by atoms with Crippen LogP contribution < -0.4 is 9.47 Å². The largest absolute Gasteiger partial charge is 0.439 e. The summed E-state index contributed by atoms with van der Waals surface area (Å²) < 4.78 is 24.8. The summed E-state index contributed by atoms with van der Waals surface area (Å²) in [5.74, 6) is 0.815. The van der Waals surface area contributed by atoms with E-state index in [1.54, 1.807) is 48.7 Å². The predicted molar refractivity (Wildman–Crippen MR) is 98.3 cm³/mol. The van der Waals surface area contributed by atoms with Gasteiger partial charge in [-0.05, 0) is 60.9 Å². The number of halogens is 1. The Hall–Kier alpha value is -3.21. The number of aromatic nitrogens is 1. The Labute approximate surface area is 156 Å². The zero-order chi connectivity index (χ0) is 18.7. The summed E-state index contributed by atoms with van der Waals surface area (Å²) in [6, 6.07) is 18.4. The summed E-state index contributed by atoms with van der Waals surface area (Å²) in [5.41, 5.74) is -0.0838. The van der Waals surface area contributed by atoms with Crippen LogP contribution in [0.15, 0.2) is 72.9 Å². The third-order valence-corrected chi connectivity index (χ3v) is 4.87. The number of rotatable bonds is 5. The Morgan fingerprint density at radius 2 is 1.74 bits per heavy atom. The average molecular weight is 363 g/mol. The molecular weight excluding hydrogens is 345 g/mol. The lowest BCUT2D eigenvalue weighted by atomic mass is 9.64. The first kappa shape index (κ1) is 17.2. The van der Waals surface area contributed by atoms with Crippen LogP contribution in [0.4, 0.5) is 4.39 Å². The lowest BCUT2D eigenvalue weighted by Gasteiger charge is -2.39. The molecule has 4 nitrogen and oxygen atoms in total. The molecular formula is C22H18FNO3. The molecule has 1 aliphatic carbocycles. The fraction of sp³-hybridized carbons (Fsp3) is 0.182. The number of hydrogen-bond acceptors (Lipinski definition) is 4. The molecule has 1 aromatic heterocycles. The van der Waals surface area contributed by atoms with Crippen LogP contribution in [0, 0.1) is 5.82 Å². The molecule has 1 aliphatic rings. The van der Waals surface area contributed by atoms with Crippen LogP contribution in [0.1, 0.15) is 24.8 Å². The van der Waals surface area contributed by atoms with Crippen molar-refractivity contribution in [3.63, 3.8) is 0 Å². The molecule has 4 rings (SSSR count). The fourth-order valence-corrected chi connectivity index (χ4v) is 3.24. The van der Waals surface area contributed by atoms with E-state index in [4.69, 9.17) is 9.47 Å². The molecule has 3 aromatic rings. The summed E-state index contributed by atoms with van der Waals surface area (Å²) in [6.45, 7) is 0. The molecule has 2 aromatic carbocycles. The van der Waals surface area contributed by atoms with Crippen molar-refractivity contribution in [1.82, 2.24) is 4.98 Å². The van der Waals surface area contributed by atoms with Crippen LogP contribution in [-0.2, 0) is 10.2 Å². The van der Waals surface area contributed by atoms with Crippen molar-refractivity contribution in [3.8, 4) is 17.4 Å². The number of benzene rings is 2. The maximum absolute atomic E-state index is 13.6. The van der Waals surface area contributed by atoms with E-state index in [1.807, 2.05) is 12.1 Å². The fourth-order valence-electron chi connectivity index (χ4n) is 3.24. The van der Waals surface area contributed by atoms with Gasteiger partial charge in [0.15, 0.2) is 0 Å². The Morgan fingerprint density at radius 3 is 2.37 bits per heavy atom. The van der Waals surface area contributed by atoms with Gasteiger partial charge in [0, 0.05) is 12.3 Å². The maximum atomic E-state index is 13.6. The number of carbonyl (C=O) groups is 1. The van der Waals surface area contributed by atoms with Crippen molar-refractivity contribution in [2.45, 2.75) is 24.7 Å². The number of hydrogen-bond donors (Lipinski definition) is 0. The molecule has 0 bridgehead atoms. The van der Waals surface area contributed by atoms with Gasteiger partial charge in [-0.25, -0.2) is 9.37 Å². The van der Waals surface area contributed by atoms with Gasteiger partial charge in [0.1, 0.15) is 17.3 Å². The van der Waals surface area contributed by atoms with Crippen LogP contribution >= 0.6 is 0 Å². The molecule has 0 unspecified atom stereocenters. The van der Waals surface area contributed by atoms with Crippen LogP contribution in [0.3, 0.4) is 0 Å². The molecule has 0 aliphatic heterocycles. The van der Waals surface area contributed by atoms with Crippen molar-refractivity contribution in [2.24, 2.45) is 0 Å². The van der Waals surface area contributed by atoms with Gasteiger partial charge in [-0.3, -0.25) is 4.79 Å². The van der Waals surface area contributed by atoms with Crippen molar-refractivity contribution < 1.29 is 18.7 Å². The van der Waals surface area contributed by atoms with Crippen molar-refractivity contribution in [3.05, 3.63) is 84.3 Å². The highest BCUT2D eigenvalue weighted by atomic mass is 19.1. The second-order valence-corrected chi connectivity index (χ2v) is 6.58. The first-order chi connectivity index (χ1) is 13.2. The van der Waals surface area contributed by atoms with Crippen molar-refractivity contribution in [2.75, 3.05) is 0 Å². The first-order valence-corrected chi connectivity index (χ1v) is 8.83. The molecule has 1 fully saturated rings. The van der Waals surface area contributed by atoms with Crippen LogP contribution in [0.25, 0.3) is 0 Å². The molecule has 5 heteroatoms. The van der Waals surface area contributed by atoms with E-state index in [-0.39, 0.29) is 11.8 Å². The summed E-state index contributed by atoms with van der Waals surface area (Å²) in [5, 5.41) is 0. The number of ether oxygens (including phenoxy) is 2. The summed E-state index contributed by atoms with van der Waals surface area (Å²) in [7, 11) is 0. The molecule has 0 atom stereocenters. The molecule has 0 radical (unpaired) electrons. The van der Waals surface area contributed by atoms with E-state index >= 15 is 0 Å². The average Bonchev–Trinajstić information content (AvgIpc) is 2.63. The van der Waals surface area contributed by atoms with Gasteiger partial charge < -0.3 is 9.47 Å². The normalized spacial score (nSPS) is 14.9. The smallest absolute Gasteiger partial charge is 0.321 e. The lowest BCUT2D eigenvalue weighted by Crippen LogP contribution is -2.45. The molecule has 27 heavy (non-hydrogen) atoms. The van der Waals surface area contributed by atoms with Gasteiger partial charge in [-0.1, -0.05) is 24.6 Å². The first-order valence-electron chi connectivity index (χ1n) is 8.83. The minimum Gasteiger partial charge on any atom is -0.439 e. The molecule has 0 amide bonds. The van der Waals surface area contributed by atoms with Gasteiger partial charge in [-0.15, -0.1) is 0 Å². The Balaban J connectivity index is 1.47.